The number of amides is 1. The van der Waals surface area contributed by atoms with E-state index in [1.807, 2.05) is 0 Å². The average molecular weight is 495 g/mol. The Hall–Kier alpha value is -2.62. The predicted octanol–water partition coefficient (Wildman–Crippen LogP) is 4.68. The summed E-state index contributed by atoms with van der Waals surface area (Å²) in [5.74, 6) is 0.613. The molecule has 1 amide bonds. The van der Waals surface area contributed by atoms with Crippen LogP contribution in [0.15, 0.2) is 51.9 Å². The van der Waals surface area contributed by atoms with E-state index in [0.717, 1.165) is 25.7 Å². The quantitative estimate of drug-likeness (QED) is 0.513. The zero-order chi connectivity index (χ0) is 22.9. The van der Waals surface area contributed by atoms with Crippen molar-refractivity contribution in [2.24, 2.45) is 0 Å². The van der Waals surface area contributed by atoms with Crippen molar-refractivity contribution in [2.75, 3.05) is 4.72 Å². The van der Waals surface area contributed by atoms with Gasteiger partial charge in [-0.2, -0.15) is 4.98 Å². The number of carbonyl (C=O) groups excluding carboxylic acids is 1. The number of aryl methyl sites for hydroxylation is 1. The van der Waals surface area contributed by atoms with E-state index in [-0.39, 0.29) is 26.5 Å². The maximum absolute atomic E-state index is 12.9. The van der Waals surface area contributed by atoms with E-state index in [0.29, 0.717) is 17.3 Å². The first-order valence-corrected chi connectivity index (χ1v) is 12.1. The van der Waals surface area contributed by atoms with Crippen LogP contribution in [0.5, 0.6) is 0 Å². The Morgan fingerprint density at radius 2 is 1.78 bits per heavy atom. The number of anilines is 1. The van der Waals surface area contributed by atoms with Gasteiger partial charge in [0.15, 0.2) is 5.82 Å². The Balaban J connectivity index is 1.51. The molecule has 0 spiro atoms. The third-order valence-corrected chi connectivity index (χ3v) is 7.45. The van der Waals surface area contributed by atoms with E-state index in [1.165, 1.54) is 42.5 Å². The molecule has 0 atom stereocenters. The number of nitrogens with one attached hydrogen (secondary N) is 2. The third-order valence-electron chi connectivity index (χ3n) is 5.35. The van der Waals surface area contributed by atoms with Gasteiger partial charge in [-0.25, -0.2) is 8.42 Å². The summed E-state index contributed by atoms with van der Waals surface area (Å²) in [6.07, 6.45) is 3.33. The molecule has 3 aromatic rings. The molecule has 1 heterocycles. The number of halogens is 2. The Kier molecular flexibility index (Phi) is 6.15. The van der Waals surface area contributed by atoms with Gasteiger partial charge in [0.1, 0.15) is 10.4 Å². The number of carbonyl (C=O) groups is 1. The van der Waals surface area contributed by atoms with E-state index in [2.05, 4.69) is 20.2 Å². The highest BCUT2D eigenvalue weighted by molar-refractivity contribution is 7.92. The maximum atomic E-state index is 12.9. The van der Waals surface area contributed by atoms with Crippen molar-refractivity contribution in [1.29, 1.82) is 0 Å². The summed E-state index contributed by atoms with van der Waals surface area (Å²) in [4.78, 5) is 17.1. The summed E-state index contributed by atoms with van der Waals surface area (Å²) >= 11 is 11.9. The lowest BCUT2D eigenvalue weighted by molar-refractivity contribution is 0.0892. The number of hydrogen-bond donors (Lipinski definition) is 2. The molecule has 8 nitrogen and oxygen atoms in total. The Labute approximate surface area is 195 Å². The fourth-order valence-electron chi connectivity index (χ4n) is 3.75. The van der Waals surface area contributed by atoms with Crippen LogP contribution in [0.2, 0.25) is 10.0 Å². The number of benzene rings is 2. The molecular formula is C21H20Cl2N4O4S. The Morgan fingerprint density at radius 3 is 2.41 bits per heavy atom. The molecule has 0 radical (unpaired) electrons. The van der Waals surface area contributed by atoms with E-state index in [4.69, 9.17) is 27.7 Å². The minimum atomic E-state index is -3.96. The predicted molar refractivity (Wildman–Crippen MR) is 120 cm³/mol. The molecular weight excluding hydrogens is 475 g/mol. The van der Waals surface area contributed by atoms with Gasteiger partial charge in [0, 0.05) is 23.2 Å². The fourth-order valence-corrected chi connectivity index (χ4v) is 5.57. The highest BCUT2D eigenvalue weighted by Crippen LogP contribution is 2.37. The molecule has 1 saturated carbocycles. The van der Waals surface area contributed by atoms with Crippen LogP contribution in [0.3, 0.4) is 0 Å². The highest BCUT2D eigenvalue weighted by atomic mass is 35.5. The molecule has 2 aromatic carbocycles. The third kappa shape index (κ3) is 4.60. The molecule has 4 rings (SSSR count). The highest BCUT2D eigenvalue weighted by Gasteiger charge is 2.41. The molecule has 1 aromatic heterocycles. The van der Waals surface area contributed by atoms with Crippen molar-refractivity contribution in [3.05, 3.63) is 69.8 Å². The van der Waals surface area contributed by atoms with Crippen molar-refractivity contribution in [1.82, 2.24) is 15.5 Å². The van der Waals surface area contributed by atoms with Gasteiger partial charge in [-0.1, -0.05) is 41.2 Å². The van der Waals surface area contributed by atoms with Gasteiger partial charge in [0.25, 0.3) is 15.9 Å². The number of hydrogen-bond acceptors (Lipinski definition) is 6. The molecule has 0 bridgehead atoms. The molecule has 168 valence electrons. The first-order valence-electron chi connectivity index (χ1n) is 9.90. The summed E-state index contributed by atoms with van der Waals surface area (Å²) in [5.41, 5.74) is -0.0134. The van der Waals surface area contributed by atoms with Gasteiger partial charge in [-0.15, -0.1) is 0 Å². The minimum absolute atomic E-state index is 0.0523. The molecule has 0 aliphatic heterocycles. The van der Waals surface area contributed by atoms with E-state index in [9.17, 15) is 13.2 Å². The van der Waals surface area contributed by atoms with Gasteiger partial charge < -0.3 is 9.84 Å². The summed E-state index contributed by atoms with van der Waals surface area (Å²) in [6.45, 7) is 1.71. The summed E-state index contributed by atoms with van der Waals surface area (Å²) in [7, 11) is -3.96. The molecule has 1 fully saturated rings. The summed E-state index contributed by atoms with van der Waals surface area (Å²) < 4.78 is 32.9. The van der Waals surface area contributed by atoms with Crippen LogP contribution in [-0.2, 0) is 15.6 Å². The largest absolute Gasteiger partial charge is 0.340 e. The summed E-state index contributed by atoms with van der Waals surface area (Å²) in [5, 5.41) is 7.37. The second-order valence-electron chi connectivity index (χ2n) is 7.64. The lowest BCUT2D eigenvalue weighted by Crippen LogP contribution is -2.44. The van der Waals surface area contributed by atoms with Crippen LogP contribution >= 0.6 is 23.2 Å². The number of sulfonamides is 1. The van der Waals surface area contributed by atoms with E-state index in [1.54, 1.807) is 6.92 Å². The van der Waals surface area contributed by atoms with Gasteiger partial charge >= 0.3 is 0 Å². The standard InChI is InChI=1S/C21H20Cl2N4O4S/c1-13-24-20(26-31-13)21(10-2-3-11-21)25-19(28)14-4-7-16(8-5-14)27-32(29,30)18-12-15(22)6-9-17(18)23/h4-9,12,27H,2-3,10-11H2,1H3,(H,25,28). The zero-order valence-corrected chi connectivity index (χ0v) is 19.4. The minimum Gasteiger partial charge on any atom is -0.340 e. The van der Waals surface area contributed by atoms with Gasteiger partial charge in [0.2, 0.25) is 5.89 Å². The topological polar surface area (TPSA) is 114 Å². The molecule has 32 heavy (non-hydrogen) atoms. The maximum Gasteiger partial charge on any atom is 0.263 e. The van der Waals surface area contributed by atoms with Gasteiger partial charge in [-0.05, 0) is 55.3 Å². The van der Waals surface area contributed by atoms with Crippen LogP contribution in [0, 0.1) is 6.92 Å². The van der Waals surface area contributed by atoms with Crippen LogP contribution in [-0.4, -0.2) is 24.5 Å². The van der Waals surface area contributed by atoms with Crippen molar-refractivity contribution in [2.45, 2.75) is 43.0 Å². The number of aromatic nitrogens is 2. The molecule has 0 saturated heterocycles. The van der Waals surface area contributed by atoms with Gasteiger partial charge in [-0.3, -0.25) is 9.52 Å². The zero-order valence-electron chi connectivity index (χ0n) is 17.1. The average Bonchev–Trinajstić information content (AvgIpc) is 3.40. The molecule has 11 heteroatoms. The number of nitrogens with zero attached hydrogens (tertiary/aromatic N) is 2. The fraction of sp³-hybridized carbons (Fsp3) is 0.286. The molecule has 1 aliphatic carbocycles. The van der Waals surface area contributed by atoms with Crippen LogP contribution in [0.4, 0.5) is 5.69 Å². The lowest BCUT2D eigenvalue weighted by atomic mass is 9.96. The second kappa shape index (κ2) is 8.73. The van der Waals surface area contributed by atoms with Crippen LogP contribution in [0.25, 0.3) is 0 Å². The van der Waals surface area contributed by atoms with Gasteiger partial charge in [0.05, 0.1) is 5.02 Å². The lowest BCUT2D eigenvalue weighted by Gasteiger charge is -2.26. The second-order valence-corrected chi connectivity index (χ2v) is 10.1. The van der Waals surface area contributed by atoms with Crippen molar-refractivity contribution in [3.63, 3.8) is 0 Å². The SMILES string of the molecule is Cc1nc(C2(NC(=O)c3ccc(NS(=O)(=O)c4cc(Cl)ccc4Cl)cc3)CCCC2)no1. The summed E-state index contributed by atoms with van der Waals surface area (Å²) in [6, 6.07) is 10.3. The molecule has 2 N–H and O–H groups in total. The Bertz CT molecular complexity index is 1250. The van der Waals surface area contributed by atoms with E-state index < -0.39 is 15.6 Å². The monoisotopic (exact) mass is 494 g/mol. The van der Waals surface area contributed by atoms with Crippen LogP contribution < -0.4 is 10.0 Å². The van der Waals surface area contributed by atoms with E-state index >= 15 is 0 Å². The number of rotatable bonds is 6. The first-order chi connectivity index (χ1) is 15.2. The van der Waals surface area contributed by atoms with Crippen molar-refractivity contribution < 1.29 is 17.7 Å². The van der Waals surface area contributed by atoms with Crippen molar-refractivity contribution in [3.8, 4) is 0 Å². The normalized spacial score (nSPS) is 15.5. The molecule has 1 aliphatic rings. The Morgan fingerprint density at radius 1 is 1.09 bits per heavy atom. The van der Waals surface area contributed by atoms with Crippen LogP contribution in [0.1, 0.15) is 47.8 Å². The smallest absolute Gasteiger partial charge is 0.263 e. The van der Waals surface area contributed by atoms with Crippen molar-refractivity contribution >= 4 is 44.8 Å². The first kappa shape index (κ1) is 22.6. The molecule has 0 unspecified atom stereocenters.